The summed E-state index contributed by atoms with van der Waals surface area (Å²) in [6.45, 7) is 4.49. The number of aliphatic hydroxyl groups is 1. The first-order chi connectivity index (χ1) is 7.07. The van der Waals surface area contributed by atoms with E-state index in [2.05, 4.69) is 0 Å². The average molecular weight is 210 g/mol. The molecule has 0 radical (unpaired) electrons. The zero-order valence-corrected chi connectivity index (χ0v) is 9.49. The van der Waals surface area contributed by atoms with Gasteiger partial charge in [-0.3, -0.25) is 0 Å². The summed E-state index contributed by atoms with van der Waals surface area (Å²) in [5, 5.41) is 9.07. The van der Waals surface area contributed by atoms with Gasteiger partial charge >= 0.3 is 0 Å². The van der Waals surface area contributed by atoms with Gasteiger partial charge < -0.3 is 14.6 Å². The lowest BCUT2D eigenvalue weighted by molar-refractivity contribution is 0.0974. The monoisotopic (exact) mass is 210 g/mol. The summed E-state index contributed by atoms with van der Waals surface area (Å²) < 4.78 is 10.6. The zero-order valence-electron chi connectivity index (χ0n) is 9.49. The molecule has 0 spiro atoms. The lowest BCUT2D eigenvalue weighted by Gasteiger charge is -2.21. The molecule has 0 fully saturated rings. The summed E-state index contributed by atoms with van der Waals surface area (Å²) in [4.78, 5) is 0. The Hall–Kier alpha value is -1.22. The molecule has 1 N–H and O–H groups in total. The van der Waals surface area contributed by atoms with Gasteiger partial charge in [0.15, 0.2) is 0 Å². The number of rotatable bonds is 5. The second-order valence-corrected chi connectivity index (χ2v) is 4.29. The fraction of sp³-hybridized carbons (Fsp3) is 0.500. The third-order valence-corrected chi connectivity index (χ3v) is 2.10. The highest BCUT2D eigenvalue weighted by Gasteiger charge is 2.17. The first kappa shape index (κ1) is 11.9. The van der Waals surface area contributed by atoms with Gasteiger partial charge in [-0.05, 0) is 12.1 Å². The molecule has 1 aromatic carbocycles. The average Bonchev–Trinajstić information content (AvgIpc) is 2.27. The van der Waals surface area contributed by atoms with Crippen LogP contribution in [0.2, 0.25) is 0 Å². The van der Waals surface area contributed by atoms with Gasteiger partial charge in [0.1, 0.15) is 11.5 Å². The quantitative estimate of drug-likeness (QED) is 0.808. The number of hydrogen-bond acceptors (Lipinski definition) is 3. The van der Waals surface area contributed by atoms with Crippen molar-refractivity contribution in [1.29, 1.82) is 0 Å². The van der Waals surface area contributed by atoms with Crippen LogP contribution in [0.25, 0.3) is 0 Å². The highest BCUT2D eigenvalue weighted by Crippen LogP contribution is 2.21. The summed E-state index contributed by atoms with van der Waals surface area (Å²) >= 11 is 0. The lowest BCUT2D eigenvalue weighted by atomic mass is 9.97. The van der Waals surface area contributed by atoms with Crippen molar-refractivity contribution >= 4 is 0 Å². The van der Waals surface area contributed by atoms with E-state index in [-0.39, 0.29) is 12.0 Å². The zero-order chi connectivity index (χ0) is 11.3. The van der Waals surface area contributed by atoms with Crippen molar-refractivity contribution in [2.45, 2.75) is 13.8 Å². The smallest absolute Gasteiger partial charge is 0.123 e. The molecule has 0 atom stereocenters. The van der Waals surface area contributed by atoms with Crippen LogP contribution in [-0.2, 0) is 0 Å². The van der Waals surface area contributed by atoms with E-state index in [0.717, 1.165) is 11.5 Å². The Morgan fingerprint density at radius 1 is 1.27 bits per heavy atom. The van der Waals surface area contributed by atoms with Crippen LogP contribution in [0, 0.1) is 5.41 Å². The van der Waals surface area contributed by atoms with Crippen LogP contribution in [0.5, 0.6) is 11.5 Å². The Kier molecular flexibility index (Phi) is 3.97. The molecule has 0 unspecified atom stereocenters. The minimum Gasteiger partial charge on any atom is -0.497 e. The molecule has 0 aliphatic carbocycles. The molecule has 15 heavy (non-hydrogen) atoms. The molecular formula is C12H18O3. The molecule has 1 rings (SSSR count). The Bertz CT molecular complexity index is 307. The highest BCUT2D eigenvalue weighted by molar-refractivity contribution is 5.32. The fourth-order valence-electron chi connectivity index (χ4n) is 1.02. The maximum absolute atomic E-state index is 9.07. The van der Waals surface area contributed by atoms with Gasteiger partial charge in [-0.2, -0.15) is 0 Å². The molecule has 0 heterocycles. The van der Waals surface area contributed by atoms with Crippen molar-refractivity contribution < 1.29 is 14.6 Å². The first-order valence-electron chi connectivity index (χ1n) is 4.95. The first-order valence-corrected chi connectivity index (χ1v) is 4.95. The van der Waals surface area contributed by atoms with Gasteiger partial charge in [-0.1, -0.05) is 19.9 Å². The van der Waals surface area contributed by atoms with Gasteiger partial charge in [0, 0.05) is 11.5 Å². The van der Waals surface area contributed by atoms with Crippen LogP contribution in [0.15, 0.2) is 24.3 Å². The van der Waals surface area contributed by atoms with Crippen molar-refractivity contribution in [3.8, 4) is 11.5 Å². The molecule has 3 nitrogen and oxygen atoms in total. The van der Waals surface area contributed by atoms with Crippen LogP contribution in [0.4, 0.5) is 0 Å². The summed E-state index contributed by atoms with van der Waals surface area (Å²) in [7, 11) is 1.62. The lowest BCUT2D eigenvalue weighted by Crippen LogP contribution is -2.25. The van der Waals surface area contributed by atoms with E-state index in [1.54, 1.807) is 7.11 Å². The molecule has 0 bridgehead atoms. The number of methoxy groups -OCH3 is 1. The van der Waals surface area contributed by atoms with Gasteiger partial charge in [0.25, 0.3) is 0 Å². The molecule has 0 saturated carbocycles. The van der Waals surface area contributed by atoms with Crippen LogP contribution >= 0.6 is 0 Å². The predicted molar refractivity (Wildman–Crippen MR) is 59.4 cm³/mol. The molecule has 0 saturated heterocycles. The molecule has 3 heteroatoms. The maximum Gasteiger partial charge on any atom is 0.123 e. The molecule has 0 aliphatic rings. The van der Waals surface area contributed by atoms with Crippen molar-refractivity contribution in [3.63, 3.8) is 0 Å². The molecule has 0 aliphatic heterocycles. The van der Waals surface area contributed by atoms with Crippen LogP contribution in [0.3, 0.4) is 0 Å². The van der Waals surface area contributed by atoms with E-state index in [4.69, 9.17) is 14.6 Å². The Labute approximate surface area is 90.6 Å². The summed E-state index contributed by atoms with van der Waals surface area (Å²) in [5.41, 5.74) is -0.219. The van der Waals surface area contributed by atoms with E-state index in [9.17, 15) is 0 Å². The minimum absolute atomic E-state index is 0.108. The van der Waals surface area contributed by atoms with E-state index in [1.807, 2.05) is 38.1 Å². The van der Waals surface area contributed by atoms with Crippen molar-refractivity contribution in [3.05, 3.63) is 24.3 Å². The minimum atomic E-state index is -0.219. The molecule has 0 amide bonds. The normalized spacial score (nSPS) is 11.2. The van der Waals surface area contributed by atoms with Gasteiger partial charge in [0.05, 0.1) is 20.3 Å². The Balaban J connectivity index is 2.57. The summed E-state index contributed by atoms with van der Waals surface area (Å²) in [5.74, 6) is 1.53. The van der Waals surface area contributed by atoms with E-state index in [0.29, 0.717) is 6.61 Å². The summed E-state index contributed by atoms with van der Waals surface area (Å²) in [6.07, 6.45) is 0. The third kappa shape index (κ3) is 3.80. The van der Waals surface area contributed by atoms with E-state index >= 15 is 0 Å². The van der Waals surface area contributed by atoms with E-state index < -0.39 is 0 Å². The molecular weight excluding hydrogens is 192 g/mol. The predicted octanol–water partition coefficient (Wildman–Crippen LogP) is 2.09. The Morgan fingerprint density at radius 2 is 1.93 bits per heavy atom. The Morgan fingerprint density at radius 3 is 2.53 bits per heavy atom. The van der Waals surface area contributed by atoms with Gasteiger partial charge in [0.2, 0.25) is 0 Å². The highest BCUT2D eigenvalue weighted by atomic mass is 16.5. The second kappa shape index (κ2) is 5.03. The van der Waals surface area contributed by atoms with E-state index in [1.165, 1.54) is 0 Å². The van der Waals surface area contributed by atoms with Crippen molar-refractivity contribution in [2.75, 3.05) is 20.3 Å². The summed E-state index contributed by atoms with van der Waals surface area (Å²) in [6, 6.07) is 7.44. The van der Waals surface area contributed by atoms with Gasteiger partial charge in [-0.25, -0.2) is 0 Å². The molecule has 1 aromatic rings. The standard InChI is InChI=1S/C12H18O3/c1-12(2,8-13)9-15-11-6-4-5-10(7-11)14-3/h4-7,13H,8-9H2,1-3H3. The van der Waals surface area contributed by atoms with Gasteiger partial charge in [-0.15, -0.1) is 0 Å². The van der Waals surface area contributed by atoms with Crippen LogP contribution in [0.1, 0.15) is 13.8 Å². The topological polar surface area (TPSA) is 38.7 Å². The number of ether oxygens (including phenoxy) is 2. The molecule has 0 aromatic heterocycles. The van der Waals surface area contributed by atoms with Crippen molar-refractivity contribution in [2.24, 2.45) is 5.41 Å². The third-order valence-electron chi connectivity index (χ3n) is 2.10. The van der Waals surface area contributed by atoms with Crippen LogP contribution in [-0.4, -0.2) is 25.4 Å². The number of benzene rings is 1. The van der Waals surface area contributed by atoms with Crippen LogP contribution < -0.4 is 9.47 Å². The second-order valence-electron chi connectivity index (χ2n) is 4.29. The number of hydrogen-bond donors (Lipinski definition) is 1. The maximum atomic E-state index is 9.07. The fourth-order valence-corrected chi connectivity index (χ4v) is 1.02. The number of aliphatic hydroxyl groups excluding tert-OH is 1. The molecule has 84 valence electrons. The largest absolute Gasteiger partial charge is 0.497 e. The van der Waals surface area contributed by atoms with Crippen molar-refractivity contribution in [1.82, 2.24) is 0 Å². The SMILES string of the molecule is COc1cccc(OCC(C)(C)CO)c1.